The fourth-order valence-electron chi connectivity index (χ4n) is 6.50. The molecule has 0 radical (unpaired) electrons. The van der Waals surface area contributed by atoms with E-state index in [1.165, 1.54) is 154 Å². The van der Waals surface area contributed by atoms with Gasteiger partial charge in [0.2, 0.25) is 0 Å². The number of carbonyl (C=O) groups excluding carboxylic acids is 1. The summed E-state index contributed by atoms with van der Waals surface area (Å²) in [6, 6.07) is 0. The van der Waals surface area contributed by atoms with Crippen LogP contribution in [0.5, 0.6) is 0 Å². The molecule has 5 heteroatoms. The molecule has 0 aliphatic rings. The van der Waals surface area contributed by atoms with E-state index in [2.05, 4.69) is 25.7 Å². The Morgan fingerprint density at radius 2 is 0.870 bits per heavy atom. The number of carbonyl (C=O) groups is 1. The zero-order valence-corrected chi connectivity index (χ0v) is 31.7. The highest BCUT2D eigenvalue weighted by atomic mass is 16.5. The van der Waals surface area contributed by atoms with Gasteiger partial charge < -0.3 is 19.5 Å². The molecule has 0 amide bonds. The Hall–Kier alpha value is -0.650. The Morgan fingerprint density at radius 1 is 0.478 bits per heavy atom. The molecule has 0 aromatic heterocycles. The molecule has 0 rings (SSSR count). The van der Waals surface area contributed by atoms with Gasteiger partial charge in [0.15, 0.2) is 0 Å². The van der Waals surface area contributed by atoms with Crippen molar-refractivity contribution in [1.29, 1.82) is 0 Å². The molecule has 0 bridgehead atoms. The molecule has 276 valence electrons. The molecule has 0 aromatic rings. The van der Waals surface area contributed by atoms with Crippen molar-refractivity contribution in [3.8, 4) is 0 Å². The lowest BCUT2D eigenvalue weighted by Gasteiger charge is -2.22. The molecule has 0 aliphatic carbocycles. The smallest absolute Gasteiger partial charge is 0.308 e. The summed E-state index contributed by atoms with van der Waals surface area (Å²) in [7, 11) is 0. The van der Waals surface area contributed by atoms with Gasteiger partial charge in [0, 0.05) is 6.54 Å². The summed E-state index contributed by atoms with van der Waals surface area (Å²) >= 11 is 0. The number of hydrogen-bond acceptors (Lipinski definition) is 5. The van der Waals surface area contributed by atoms with Crippen molar-refractivity contribution in [3.05, 3.63) is 0 Å². The van der Waals surface area contributed by atoms with Crippen LogP contribution in [-0.2, 0) is 14.3 Å². The highest BCUT2D eigenvalue weighted by Gasteiger charge is 2.19. The first kappa shape index (κ1) is 45.3. The van der Waals surface area contributed by atoms with Gasteiger partial charge in [-0.1, -0.05) is 175 Å². The lowest BCUT2D eigenvalue weighted by molar-refractivity contribution is -0.149. The lowest BCUT2D eigenvalue weighted by Crippen LogP contribution is -2.30. The molecular formula is C41H83NO4. The van der Waals surface area contributed by atoms with Gasteiger partial charge in [-0.3, -0.25) is 4.79 Å². The molecule has 1 unspecified atom stereocenters. The third-order valence-electron chi connectivity index (χ3n) is 9.62. The first-order valence-electron chi connectivity index (χ1n) is 20.8. The molecule has 0 aliphatic heterocycles. The average Bonchev–Trinajstić information content (AvgIpc) is 3.06. The number of rotatable bonds is 39. The fraction of sp³-hybridized carbons (Fsp3) is 0.976. The lowest BCUT2D eigenvalue weighted by atomic mass is 9.94. The molecule has 1 N–H and O–H groups in total. The second kappa shape index (κ2) is 38.8. The molecule has 0 aromatic carbocycles. The Kier molecular flexibility index (Phi) is 38.2. The summed E-state index contributed by atoms with van der Waals surface area (Å²) in [4.78, 5) is 15.5. The van der Waals surface area contributed by atoms with Crippen LogP contribution >= 0.6 is 0 Å². The molecule has 1 atom stereocenters. The maximum absolute atomic E-state index is 13.0. The normalized spacial score (nSPS) is 12.3. The van der Waals surface area contributed by atoms with E-state index in [4.69, 9.17) is 14.6 Å². The van der Waals surface area contributed by atoms with E-state index in [1.54, 1.807) is 0 Å². The number of hydrogen-bond donors (Lipinski definition) is 1. The van der Waals surface area contributed by atoms with Crippen molar-refractivity contribution in [3.63, 3.8) is 0 Å². The second-order valence-electron chi connectivity index (χ2n) is 14.1. The van der Waals surface area contributed by atoms with Crippen LogP contribution in [0.25, 0.3) is 0 Å². The Balaban J connectivity index is 4.16. The van der Waals surface area contributed by atoms with Crippen LogP contribution < -0.4 is 0 Å². The van der Waals surface area contributed by atoms with Crippen molar-refractivity contribution in [1.82, 2.24) is 4.90 Å². The number of ether oxygens (including phenoxy) is 2. The van der Waals surface area contributed by atoms with Gasteiger partial charge >= 0.3 is 5.97 Å². The summed E-state index contributed by atoms with van der Waals surface area (Å²) in [5, 5.41) is 9.04. The standard InChI is InChI=1S/C41H83NO4/c1-4-7-10-13-15-16-17-18-19-20-23-28-33-42(35-38-45-39-36-43)34-29-24-25-30-37-46-41(44)40(31-26-21-12-9-6-3)32-27-22-14-11-8-5-2/h40,43H,4-39H2,1-3H3. The van der Waals surface area contributed by atoms with E-state index < -0.39 is 0 Å². The van der Waals surface area contributed by atoms with E-state index >= 15 is 0 Å². The zero-order chi connectivity index (χ0) is 33.6. The van der Waals surface area contributed by atoms with Gasteiger partial charge in [-0.2, -0.15) is 0 Å². The molecule has 46 heavy (non-hydrogen) atoms. The average molecular weight is 654 g/mol. The minimum absolute atomic E-state index is 0.0699. The molecule has 0 spiro atoms. The Morgan fingerprint density at radius 3 is 1.30 bits per heavy atom. The van der Waals surface area contributed by atoms with Crippen LogP contribution in [-0.4, -0.2) is 62.0 Å². The second-order valence-corrected chi connectivity index (χ2v) is 14.1. The quantitative estimate of drug-likeness (QED) is 0.0528. The number of aliphatic hydroxyl groups excluding tert-OH is 1. The van der Waals surface area contributed by atoms with Gasteiger partial charge in [0.05, 0.1) is 32.3 Å². The fourth-order valence-corrected chi connectivity index (χ4v) is 6.50. The predicted octanol–water partition coefficient (Wildman–Crippen LogP) is 11.8. The molecular weight excluding hydrogens is 570 g/mol. The minimum atomic E-state index is 0.0699. The summed E-state index contributed by atoms with van der Waals surface area (Å²) in [6.07, 6.45) is 37.0. The van der Waals surface area contributed by atoms with Crippen molar-refractivity contribution in [2.45, 2.75) is 207 Å². The van der Waals surface area contributed by atoms with Crippen molar-refractivity contribution in [2.75, 3.05) is 46.1 Å². The molecule has 0 heterocycles. The highest BCUT2D eigenvalue weighted by Crippen LogP contribution is 2.21. The number of unbranched alkanes of at least 4 members (excludes halogenated alkanes) is 23. The third kappa shape index (κ3) is 33.3. The van der Waals surface area contributed by atoms with Crippen molar-refractivity contribution in [2.24, 2.45) is 5.92 Å². The van der Waals surface area contributed by atoms with Crippen LogP contribution in [0.15, 0.2) is 0 Å². The first-order chi connectivity index (χ1) is 22.7. The van der Waals surface area contributed by atoms with E-state index in [0.29, 0.717) is 19.8 Å². The van der Waals surface area contributed by atoms with Crippen LogP contribution in [0.1, 0.15) is 207 Å². The van der Waals surface area contributed by atoms with E-state index in [9.17, 15) is 4.79 Å². The number of nitrogens with zero attached hydrogens (tertiary/aromatic N) is 1. The van der Waals surface area contributed by atoms with Gasteiger partial charge in [0.1, 0.15) is 0 Å². The minimum Gasteiger partial charge on any atom is -0.465 e. The Labute approximate surface area is 288 Å². The van der Waals surface area contributed by atoms with Crippen LogP contribution in [0.4, 0.5) is 0 Å². The van der Waals surface area contributed by atoms with Crippen LogP contribution in [0, 0.1) is 5.92 Å². The summed E-state index contributed by atoms with van der Waals surface area (Å²) < 4.78 is 11.4. The summed E-state index contributed by atoms with van der Waals surface area (Å²) in [5.41, 5.74) is 0. The maximum atomic E-state index is 13.0. The van der Waals surface area contributed by atoms with Gasteiger partial charge in [0.25, 0.3) is 0 Å². The predicted molar refractivity (Wildman–Crippen MR) is 200 cm³/mol. The number of esters is 1. The molecule has 0 saturated carbocycles. The third-order valence-corrected chi connectivity index (χ3v) is 9.62. The molecule has 0 fully saturated rings. The van der Waals surface area contributed by atoms with Crippen LogP contribution in [0.2, 0.25) is 0 Å². The van der Waals surface area contributed by atoms with E-state index in [-0.39, 0.29) is 18.5 Å². The van der Waals surface area contributed by atoms with Gasteiger partial charge in [-0.15, -0.1) is 0 Å². The van der Waals surface area contributed by atoms with Gasteiger partial charge in [-0.05, 0) is 45.2 Å². The van der Waals surface area contributed by atoms with Crippen molar-refractivity contribution < 1.29 is 19.4 Å². The highest BCUT2D eigenvalue weighted by molar-refractivity contribution is 5.72. The van der Waals surface area contributed by atoms with Crippen LogP contribution in [0.3, 0.4) is 0 Å². The summed E-state index contributed by atoms with van der Waals surface area (Å²) in [5.74, 6) is 0.176. The topological polar surface area (TPSA) is 59.0 Å². The maximum Gasteiger partial charge on any atom is 0.308 e. The number of aliphatic hydroxyl groups is 1. The monoisotopic (exact) mass is 654 g/mol. The first-order valence-corrected chi connectivity index (χ1v) is 20.8. The molecule has 5 nitrogen and oxygen atoms in total. The zero-order valence-electron chi connectivity index (χ0n) is 31.7. The van der Waals surface area contributed by atoms with E-state index in [0.717, 1.165) is 51.7 Å². The largest absolute Gasteiger partial charge is 0.465 e. The van der Waals surface area contributed by atoms with Crippen molar-refractivity contribution >= 4 is 5.97 Å². The Bertz CT molecular complexity index is 587. The van der Waals surface area contributed by atoms with E-state index in [1.807, 2.05) is 0 Å². The van der Waals surface area contributed by atoms with Gasteiger partial charge in [-0.25, -0.2) is 0 Å². The summed E-state index contributed by atoms with van der Waals surface area (Å²) in [6.45, 7) is 11.8. The SMILES string of the molecule is CCCCCCCCCCCCCCN(CCCCCCOC(=O)C(CCCCCCC)CCCCCCCC)CCOCCO. The molecule has 0 saturated heterocycles.